The minimum atomic E-state index is 0.796. The van der Waals surface area contributed by atoms with Crippen LogP contribution in [0, 0.1) is 6.92 Å². The van der Waals surface area contributed by atoms with Gasteiger partial charge in [-0.05, 0) is 34.0 Å². The Morgan fingerprint density at radius 1 is 1.45 bits per heavy atom. The molecule has 0 bridgehead atoms. The highest BCUT2D eigenvalue weighted by Crippen LogP contribution is 2.30. The van der Waals surface area contributed by atoms with E-state index < -0.39 is 0 Å². The van der Waals surface area contributed by atoms with Gasteiger partial charge in [-0.15, -0.1) is 0 Å². The van der Waals surface area contributed by atoms with Crippen LogP contribution in [0.3, 0.4) is 0 Å². The van der Waals surface area contributed by atoms with Crippen LogP contribution in [0.15, 0.2) is 16.6 Å². The molecule has 1 rings (SSSR count). The molecule has 0 saturated heterocycles. The molecule has 0 nitrogen and oxygen atoms in total. The number of benzene rings is 1. The van der Waals surface area contributed by atoms with Crippen LogP contribution in [0.1, 0.15) is 11.1 Å². The number of hydrogen-bond acceptors (Lipinski definition) is 0. The zero-order chi connectivity index (χ0) is 8.43. The van der Waals surface area contributed by atoms with Gasteiger partial charge in [0, 0.05) is 9.80 Å². The summed E-state index contributed by atoms with van der Waals surface area (Å²) in [6.07, 6.45) is 0. The average molecular weight is 298 g/mol. The highest BCUT2D eigenvalue weighted by molar-refractivity contribution is 9.10. The van der Waals surface area contributed by atoms with E-state index >= 15 is 0 Å². The van der Waals surface area contributed by atoms with Gasteiger partial charge in [0.05, 0.1) is 5.02 Å². The van der Waals surface area contributed by atoms with Crippen LogP contribution in [-0.4, -0.2) is 0 Å². The van der Waals surface area contributed by atoms with Gasteiger partial charge in [-0.25, -0.2) is 0 Å². The lowest BCUT2D eigenvalue weighted by molar-refractivity contribution is 1.35. The van der Waals surface area contributed by atoms with E-state index in [9.17, 15) is 0 Å². The highest BCUT2D eigenvalue weighted by atomic mass is 79.9. The van der Waals surface area contributed by atoms with Crippen molar-refractivity contribution in [2.75, 3.05) is 0 Å². The highest BCUT2D eigenvalue weighted by Gasteiger charge is 2.04. The Balaban J connectivity index is 3.25. The molecular weight excluding hydrogens is 291 g/mol. The molecular formula is C8H7Br2Cl. The second-order valence-electron chi connectivity index (χ2n) is 2.30. The molecule has 0 saturated carbocycles. The zero-order valence-corrected chi connectivity index (χ0v) is 9.92. The Kier molecular flexibility index (Phi) is 3.41. The molecule has 0 N–H and O–H groups in total. The Labute approximate surface area is 88.2 Å². The van der Waals surface area contributed by atoms with E-state index in [-0.39, 0.29) is 0 Å². The van der Waals surface area contributed by atoms with E-state index in [4.69, 9.17) is 11.6 Å². The average Bonchev–Trinajstić information content (AvgIpc) is 2.01. The predicted octanol–water partition coefficient (Wildman–Crippen LogP) is 4.31. The molecule has 0 radical (unpaired) electrons. The minimum absolute atomic E-state index is 0.796. The molecule has 0 amide bonds. The smallest absolute Gasteiger partial charge is 0.0591 e. The number of alkyl halides is 1. The molecule has 0 spiro atoms. The topological polar surface area (TPSA) is 0 Å². The number of hydrogen-bond donors (Lipinski definition) is 0. The fourth-order valence-electron chi connectivity index (χ4n) is 0.789. The molecule has 0 aromatic heterocycles. The first-order valence-electron chi connectivity index (χ1n) is 3.16. The van der Waals surface area contributed by atoms with Gasteiger partial charge in [-0.1, -0.05) is 39.7 Å². The molecule has 0 heterocycles. The second kappa shape index (κ2) is 3.92. The summed E-state index contributed by atoms with van der Waals surface area (Å²) in [5.74, 6) is 0. The summed E-state index contributed by atoms with van der Waals surface area (Å²) in [4.78, 5) is 0. The van der Waals surface area contributed by atoms with E-state index in [2.05, 4.69) is 31.9 Å². The third kappa shape index (κ3) is 1.98. The number of aryl methyl sites for hydroxylation is 1. The predicted molar refractivity (Wildman–Crippen MR) is 56.5 cm³/mol. The minimum Gasteiger partial charge on any atom is -0.0876 e. The normalized spacial score (nSPS) is 10.2. The van der Waals surface area contributed by atoms with Crippen LogP contribution in [0.2, 0.25) is 5.02 Å². The van der Waals surface area contributed by atoms with Crippen molar-refractivity contribution in [2.45, 2.75) is 12.3 Å². The summed E-state index contributed by atoms with van der Waals surface area (Å²) in [7, 11) is 0. The third-order valence-electron chi connectivity index (χ3n) is 1.50. The molecule has 0 unspecified atom stereocenters. The molecule has 11 heavy (non-hydrogen) atoms. The lowest BCUT2D eigenvalue weighted by atomic mass is 10.2. The van der Waals surface area contributed by atoms with E-state index in [0.29, 0.717) is 0 Å². The van der Waals surface area contributed by atoms with Crippen molar-refractivity contribution in [3.8, 4) is 0 Å². The molecule has 1 aromatic rings. The maximum absolute atomic E-state index is 6.02. The summed E-state index contributed by atoms with van der Waals surface area (Å²) < 4.78 is 0.996. The van der Waals surface area contributed by atoms with Crippen LogP contribution in [0.5, 0.6) is 0 Å². The summed E-state index contributed by atoms with van der Waals surface area (Å²) in [6, 6.07) is 4.07. The molecule has 0 aliphatic rings. The Morgan fingerprint density at radius 2 is 2.09 bits per heavy atom. The maximum Gasteiger partial charge on any atom is 0.0591 e. The first-order chi connectivity index (χ1) is 5.16. The lowest BCUT2D eigenvalue weighted by Gasteiger charge is -2.04. The van der Waals surface area contributed by atoms with Crippen molar-refractivity contribution in [1.29, 1.82) is 0 Å². The van der Waals surface area contributed by atoms with Crippen molar-refractivity contribution < 1.29 is 0 Å². The van der Waals surface area contributed by atoms with Crippen LogP contribution < -0.4 is 0 Å². The lowest BCUT2D eigenvalue weighted by Crippen LogP contribution is -1.83. The van der Waals surface area contributed by atoms with Gasteiger partial charge in [0.2, 0.25) is 0 Å². The molecule has 0 fully saturated rings. The maximum atomic E-state index is 6.02. The van der Waals surface area contributed by atoms with Crippen LogP contribution >= 0.6 is 43.5 Å². The molecule has 0 atom stereocenters. The monoisotopic (exact) mass is 296 g/mol. The van der Waals surface area contributed by atoms with Crippen LogP contribution in [0.4, 0.5) is 0 Å². The van der Waals surface area contributed by atoms with E-state index in [1.165, 1.54) is 5.56 Å². The Morgan fingerprint density at radius 3 is 2.64 bits per heavy atom. The zero-order valence-electron chi connectivity index (χ0n) is 6.00. The van der Waals surface area contributed by atoms with Gasteiger partial charge in [-0.2, -0.15) is 0 Å². The first-order valence-corrected chi connectivity index (χ1v) is 5.45. The van der Waals surface area contributed by atoms with Crippen molar-refractivity contribution in [2.24, 2.45) is 0 Å². The molecule has 60 valence electrons. The number of rotatable bonds is 1. The third-order valence-corrected chi connectivity index (χ3v) is 3.79. The summed E-state index contributed by atoms with van der Waals surface area (Å²) in [5, 5.41) is 1.60. The van der Waals surface area contributed by atoms with Gasteiger partial charge >= 0.3 is 0 Å². The largest absolute Gasteiger partial charge is 0.0876 e. The van der Waals surface area contributed by atoms with E-state index in [1.54, 1.807) is 0 Å². The summed E-state index contributed by atoms with van der Waals surface area (Å²) in [5.41, 5.74) is 2.28. The van der Waals surface area contributed by atoms with Gasteiger partial charge in [0.25, 0.3) is 0 Å². The SMILES string of the molecule is Cc1ccc(CBr)c(Cl)c1Br. The molecule has 1 aromatic carbocycles. The van der Waals surface area contributed by atoms with Crippen LogP contribution in [-0.2, 0) is 5.33 Å². The Bertz CT molecular complexity index is 271. The van der Waals surface area contributed by atoms with E-state index in [0.717, 1.165) is 20.4 Å². The van der Waals surface area contributed by atoms with Crippen molar-refractivity contribution in [1.82, 2.24) is 0 Å². The summed E-state index contributed by atoms with van der Waals surface area (Å²) >= 11 is 12.8. The van der Waals surface area contributed by atoms with Gasteiger partial charge in [-0.3, -0.25) is 0 Å². The first kappa shape index (κ1) is 9.56. The van der Waals surface area contributed by atoms with Crippen molar-refractivity contribution in [3.63, 3.8) is 0 Å². The fourth-order valence-corrected chi connectivity index (χ4v) is 2.08. The molecule has 0 aliphatic heterocycles. The summed E-state index contributed by atoms with van der Waals surface area (Å²) in [6.45, 7) is 2.02. The Hall–Kier alpha value is 0.470. The van der Waals surface area contributed by atoms with Gasteiger partial charge in [0.1, 0.15) is 0 Å². The van der Waals surface area contributed by atoms with Crippen molar-refractivity contribution >= 4 is 43.5 Å². The van der Waals surface area contributed by atoms with Gasteiger partial charge in [0.15, 0.2) is 0 Å². The second-order valence-corrected chi connectivity index (χ2v) is 4.03. The van der Waals surface area contributed by atoms with E-state index in [1.807, 2.05) is 19.1 Å². The molecule has 0 aliphatic carbocycles. The molecule has 3 heteroatoms. The van der Waals surface area contributed by atoms with Crippen molar-refractivity contribution in [3.05, 3.63) is 32.8 Å². The standard InChI is InChI=1S/C8H7Br2Cl/c1-5-2-3-6(4-9)8(11)7(5)10/h2-3H,4H2,1H3. The van der Waals surface area contributed by atoms with Gasteiger partial charge < -0.3 is 0 Å². The van der Waals surface area contributed by atoms with Crippen LogP contribution in [0.25, 0.3) is 0 Å². The number of halogens is 3. The fraction of sp³-hybridized carbons (Fsp3) is 0.250. The quantitative estimate of drug-likeness (QED) is 0.678.